The van der Waals surface area contributed by atoms with Gasteiger partial charge in [0, 0.05) is 12.6 Å². The van der Waals surface area contributed by atoms with Crippen molar-refractivity contribution in [3.8, 4) is 0 Å². The molecule has 0 bridgehead atoms. The fourth-order valence-corrected chi connectivity index (χ4v) is 4.96. The highest BCUT2D eigenvalue weighted by Gasteiger charge is 2.42. The Kier molecular flexibility index (Phi) is 3.37. The summed E-state index contributed by atoms with van der Waals surface area (Å²) in [4.78, 5) is 0.298. The van der Waals surface area contributed by atoms with E-state index in [1.807, 2.05) is 0 Å². The Morgan fingerprint density at radius 3 is 2.15 bits per heavy atom. The molecule has 1 aromatic rings. The zero-order chi connectivity index (χ0) is 14.5. The Morgan fingerprint density at radius 2 is 1.70 bits per heavy atom. The molecular formula is C15H20FNO2S. The van der Waals surface area contributed by atoms with Crippen LogP contribution in [-0.2, 0) is 10.0 Å². The number of rotatable bonds is 5. The number of nitrogens with zero attached hydrogens (tertiary/aromatic N) is 1. The first-order valence-corrected chi connectivity index (χ1v) is 8.62. The molecule has 2 fully saturated rings. The van der Waals surface area contributed by atoms with E-state index in [0.29, 0.717) is 28.5 Å². The van der Waals surface area contributed by atoms with Crippen LogP contribution in [0.3, 0.4) is 0 Å². The van der Waals surface area contributed by atoms with Crippen molar-refractivity contribution in [1.29, 1.82) is 0 Å². The topological polar surface area (TPSA) is 37.4 Å². The SMILES string of the molecule is Cc1cc(F)cc(C)c1S(=O)(=O)N(CC1CC1)C1CC1. The van der Waals surface area contributed by atoms with Crippen LogP contribution < -0.4 is 0 Å². The fourth-order valence-electron chi connectivity index (χ4n) is 2.78. The van der Waals surface area contributed by atoms with Crippen LogP contribution in [-0.4, -0.2) is 25.3 Å². The van der Waals surface area contributed by atoms with Gasteiger partial charge < -0.3 is 0 Å². The molecule has 3 nitrogen and oxygen atoms in total. The number of benzene rings is 1. The van der Waals surface area contributed by atoms with E-state index < -0.39 is 10.0 Å². The fraction of sp³-hybridized carbons (Fsp3) is 0.600. The van der Waals surface area contributed by atoms with Gasteiger partial charge in [-0.2, -0.15) is 4.31 Å². The summed E-state index contributed by atoms with van der Waals surface area (Å²) in [5.41, 5.74) is 1.01. The highest BCUT2D eigenvalue weighted by atomic mass is 32.2. The zero-order valence-corrected chi connectivity index (χ0v) is 12.7. The summed E-state index contributed by atoms with van der Waals surface area (Å²) in [5.74, 6) is 0.144. The van der Waals surface area contributed by atoms with E-state index in [9.17, 15) is 12.8 Å². The second-order valence-electron chi connectivity index (χ2n) is 6.12. The first-order chi connectivity index (χ1) is 9.39. The highest BCUT2D eigenvalue weighted by Crippen LogP contribution is 2.39. The smallest absolute Gasteiger partial charge is 0.207 e. The molecule has 0 atom stereocenters. The molecule has 110 valence electrons. The average Bonchev–Trinajstić information content (AvgIpc) is 3.18. The van der Waals surface area contributed by atoms with Crippen molar-refractivity contribution in [2.45, 2.75) is 50.5 Å². The highest BCUT2D eigenvalue weighted by molar-refractivity contribution is 7.89. The molecule has 3 rings (SSSR count). The lowest BCUT2D eigenvalue weighted by molar-refractivity contribution is 0.388. The molecule has 0 aromatic heterocycles. The zero-order valence-electron chi connectivity index (χ0n) is 11.9. The lowest BCUT2D eigenvalue weighted by Gasteiger charge is -2.24. The van der Waals surface area contributed by atoms with Crippen molar-refractivity contribution >= 4 is 10.0 Å². The van der Waals surface area contributed by atoms with E-state index in [4.69, 9.17) is 0 Å². The summed E-state index contributed by atoms with van der Waals surface area (Å²) >= 11 is 0. The molecule has 0 saturated heterocycles. The summed E-state index contributed by atoms with van der Waals surface area (Å²) in [7, 11) is -3.50. The van der Waals surface area contributed by atoms with E-state index in [0.717, 1.165) is 25.7 Å². The largest absolute Gasteiger partial charge is 0.243 e. The second-order valence-corrected chi connectivity index (χ2v) is 7.95. The van der Waals surface area contributed by atoms with Crippen LogP contribution in [0.15, 0.2) is 17.0 Å². The molecule has 2 saturated carbocycles. The van der Waals surface area contributed by atoms with Crippen molar-refractivity contribution in [1.82, 2.24) is 4.31 Å². The summed E-state index contributed by atoms with van der Waals surface area (Å²) in [6, 6.07) is 2.77. The molecule has 0 N–H and O–H groups in total. The number of aryl methyl sites for hydroxylation is 2. The molecule has 0 heterocycles. The Morgan fingerprint density at radius 1 is 1.15 bits per heavy atom. The van der Waals surface area contributed by atoms with Gasteiger partial charge in [0.1, 0.15) is 5.82 Å². The predicted octanol–water partition coefficient (Wildman–Crippen LogP) is 3.01. The van der Waals surface area contributed by atoms with E-state index in [2.05, 4.69) is 0 Å². The maximum Gasteiger partial charge on any atom is 0.243 e. The summed E-state index contributed by atoms with van der Waals surface area (Å²) in [6.07, 6.45) is 4.15. The van der Waals surface area contributed by atoms with Crippen molar-refractivity contribution in [2.75, 3.05) is 6.54 Å². The first-order valence-electron chi connectivity index (χ1n) is 7.18. The van der Waals surface area contributed by atoms with Crippen LogP contribution in [0.5, 0.6) is 0 Å². The van der Waals surface area contributed by atoms with Crippen LogP contribution in [0.25, 0.3) is 0 Å². The summed E-state index contributed by atoms with van der Waals surface area (Å²) in [5, 5.41) is 0. The summed E-state index contributed by atoms with van der Waals surface area (Å²) < 4.78 is 40.9. The van der Waals surface area contributed by atoms with Gasteiger partial charge in [-0.05, 0) is 68.7 Å². The third-order valence-electron chi connectivity index (χ3n) is 4.08. The van der Waals surface area contributed by atoms with Gasteiger partial charge in [0.15, 0.2) is 0 Å². The Bertz CT molecular complexity index is 610. The quantitative estimate of drug-likeness (QED) is 0.838. The van der Waals surface area contributed by atoms with Crippen LogP contribution in [0, 0.1) is 25.6 Å². The lowest BCUT2D eigenvalue weighted by atomic mass is 10.1. The maximum absolute atomic E-state index is 13.4. The molecule has 0 unspecified atom stereocenters. The van der Waals surface area contributed by atoms with E-state index in [-0.39, 0.29) is 11.9 Å². The predicted molar refractivity (Wildman–Crippen MR) is 75.5 cm³/mol. The van der Waals surface area contributed by atoms with Crippen molar-refractivity contribution in [2.24, 2.45) is 5.92 Å². The van der Waals surface area contributed by atoms with Crippen LogP contribution >= 0.6 is 0 Å². The van der Waals surface area contributed by atoms with Crippen LogP contribution in [0.1, 0.15) is 36.8 Å². The van der Waals surface area contributed by atoms with Crippen molar-refractivity contribution in [3.05, 3.63) is 29.1 Å². The monoisotopic (exact) mass is 297 g/mol. The Labute approximate surface area is 119 Å². The molecule has 0 radical (unpaired) electrons. The van der Waals surface area contributed by atoms with Gasteiger partial charge in [-0.3, -0.25) is 0 Å². The van der Waals surface area contributed by atoms with Gasteiger partial charge in [-0.1, -0.05) is 0 Å². The number of hydrogen-bond acceptors (Lipinski definition) is 2. The lowest BCUT2D eigenvalue weighted by Crippen LogP contribution is -2.35. The van der Waals surface area contributed by atoms with Crippen LogP contribution in [0.2, 0.25) is 0 Å². The number of hydrogen-bond donors (Lipinski definition) is 0. The molecule has 2 aliphatic carbocycles. The molecule has 20 heavy (non-hydrogen) atoms. The molecular weight excluding hydrogens is 277 g/mol. The number of sulfonamides is 1. The molecule has 5 heteroatoms. The third-order valence-corrected chi connectivity index (χ3v) is 6.31. The van der Waals surface area contributed by atoms with Gasteiger partial charge in [-0.25, -0.2) is 12.8 Å². The average molecular weight is 297 g/mol. The van der Waals surface area contributed by atoms with Crippen molar-refractivity contribution in [3.63, 3.8) is 0 Å². The van der Waals surface area contributed by atoms with E-state index >= 15 is 0 Å². The van der Waals surface area contributed by atoms with Gasteiger partial charge in [0.05, 0.1) is 4.90 Å². The summed E-state index contributed by atoms with van der Waals surface area (Å²) in [6.45, 7) is 3.97. The Balaban J connectivity index is 2.01. The minimum absolute atomic E-state index is 0.157. The minimum Gasteiger partial charge on any atom is -0.207 e. The molecule has 0 aliphatic heterocycles. The number of halogens is 1. The Hall–Kier alpha value is -0.940. The standard InChI is InChI=1S/C15H20FNO2S/c1-10-7-13(16)8-11(2)15(10)20(18,19)17(14-5-6-14)9-12-3-4-12/h7-8,12,14H,3-6,9H2,1-2H3. The molecule has 0 spiro atoms. The minimum atomic E-state index is -3.50. The first kappa shape index (κ1) is 14.0. The second kappa shape index (κ2) is 4.81. The van der Waals surface area contributed by atoms with E-state index in [1.165, 1.54) is 12.1 Å². The van der Waals surface area contributed by atoms with Gasteiger partial charge in [-0.15, -0.1) is 0 Å². The normalized spacial score (nSPS) is 19.6. The van der Waals surface area contributed by atoms with Gasteiger partial charge in [0.25, 0.3) is 0 Å². The van der Waals surface area contributed by atoms with Gasteiger partial charge in [0.2, 0.25) is 10.0 Å². The third kappa shape index (κ3) is 2.61. The molecule has 0 amide bonds. The molecule has 2 aliphatic rings. The molecule has 1 aromatic carbocycles. The maximum atomic E-state index is 13.4. The van der Waals surface area contributed by atoms with Crippen molar-refractivity contribution < 1.29 is 12.8 Å². The van der Waals surface area contributed by atoms with Gasteiger partial charge >= 0.3 is 0 Å². The van der Waals surface area contributed by atoms with Crippen LogP contribution in [0.4, 0.5) is 4.39 Å². The van der Waals surface area contributed by atoms with E-state index in [1.54, 1.807) is 18.2 Å².